The number of ether oxygens (including phenoxy) is 4. The van der Waals surface area contributed by atoms with Gasteiger partial charge in [0.1, 0.15) is 13.1 Å². The average molecular weight is 1400 g/mol. The highest BCUT2D eigenvalue weighted by molar-refractivity contribution is 5.43. The van der Waals surface area contributed by atoms with E-state index in [2.05, 4.69) is 92.3 Å². The van der Waals surface area contributed by atoms with E-state index in [0.717, 1.165) is 97.2 Å². The van der Waals surface area contributed by atoms with Crippen molar-refractivity contribution < 1.29 is 27.9 Å². The third-order valence-corrected chi connectivity index (χ3v) is 22.0. The van der Waals surface area contributed by atoms with Crippen LogP contribution in [0.2, 0.25) is 0 Å². The van der Waals surface area contributed by atoms with E-state index in [1.807, 2.05) is 0 Å². The SMILES string of the molecule is CCCCCCCCCCCCCCCCOc1ccc(C[N+](C)(C)CCCCCCCCCCCC[N+](C)(C)Cc2ccc(OCCCCCCCCCCCCCCCC)c(OCCCCCCCCCCCCCCCC)c2)cc1OCCCCCCCCCCCCCCCC. The van der Waals surface area contributed by atoms with Gasteiger partial charge in [-0.2, -0.15) is 0 Å². The van der Waals surface area contributed by atoms with Crippen LogP contribution >= 0.6 is 0 Å². The van der Waals surface area contributed by atoms with E-state index in [0.29, 0.717) is 0 Å². The van der Waals surface area contributed by atoms with Crippen LogP contribution in [-0.2, 0) is 13.1 Å². The molecule has 0 atom stereocenters. The highest BCUT2D eigenvalue weighted by Gasteiger charge is 2.20. The molecule has 2 aromatic rings. The van der Waals surface area contributed by atoms with Crippen LogP contribution in [0.3, 0.4) is 0 Å². The van der Waals surface area contributed by atoms with Crippen LogP contribution in [0.15, 0.2) is 36.4 Å². The molecule has 0 saturated heterocycles. The second kappa shape index (κ2) is 70.8. The van der Waals surface area contributed by atoms with Crippen molar-refractivity contribution in [3.63, 3.8) is 0 Å². The second-order valence-electron chi connectivity index (χ2n) is 33.5. The Morgan fingerprint density at radius 2 is 0.350 bits per heavy atom. The summed E-state index contributed by atoms with van der Waals surface area (Å²) in [7, 11) is 9.71. The molecule has 0 N–H and O–H groups in total. The largest absolute Gasteiger partial charge is 0.490 e. The number of rotatable bonds is 81. The Hall–Kier alpha value is -2.44. The zero-order valence-electron chi connectivity index (χ0n) is 69.3. The Labute approximate surface area is 627 Å². The van der Waals surface area contributed by atoms with E-state index in [9.17, 15) is 0 Å². The summed E-state index contributed by atoms with van der Waals surface area (Å²) >= 11 is 0. The molecule has 0 unspecified atom stereocenters. The van der Waals surface area contributed by atoms with Crippen LogP contribution < -0.4 is 18.9 Å². The van der Waals surface area contributed by atoms with Gasteiger partial charge in [-0.15, -0.1) is 0 Å². The molecule has 2 rings (SSSR count). The van der Waals surface area contributed by atoms with Crippen LogP contribution in [-0.4, -0.2) is 76.7 Å². The monoisotopic (exact) mass is 1400 g/mol. The first-order chi connectivity index (χ1) is 49.1. The maximum Gasteiger partial charge on any atom is 0.161 e. The van der Waals surface area contributed by atoms with Gasteiger partial charge >= 0.3 is 0 Å². The lowest BCUT2D eigenvalue weighted by Crippen LogP contribution is -2.39. The smallest absolute Gasteiger partial charge is 0.161 e. The van der Waals surface area contributed by atoms with Gasteiger partial charge in [0, 0.05) is 11.1 Å². The number of hydrogen-bond acceptors (Lipinski definition) is 4. The first kappa shape index (κ1) is 93.6. The molecule has 0 aliphatic heterocycles. The summed E-state index contributed by atoms with van der Waals surface area (Å²) in [6.07, 6.45) is 90.8. The van der Waals surface area contributed by atoms with Crippen molar-refractivity contribution in [1.29, 1.82) is 0 Å². The molecule has 0 aliphatic carbocycles. The zero-order valence-corrected chi connectivity index (χ0v) is 69.3. The molecule has 0 aromatic heterocycles. The minimum atomic E-state index is 0.788. The molecule has 0 saturated carbocycles. The first-order valence-corrected chi connectivity index (χ1v) is 45.5. The summed E-state index contributed by atoms with van der Waals surface area (Å²) in [6, 6.07) is 13.8. The summed E-state index contributed by atoms with van der Waals surface area (Å²) in [5, 5.41) is 0. The second-order valence-corrected chi connectivity index (χ2v) is 33.5. The van der Waals surface area contributed by atoms with Crippen molar-refractivity contribution in [2.24, 2.45) is 0 Å². The molecule has 0 heterocycles. The quantitative estimate of drug-likeness (QED) is 0.0489. The fraction of sp³-hybridized carbons (Fsp3) is 0.872. The van der Waals surface area contributed by atoms with Gasteiger partial charge in [0.25, 0.3) is 0 Å². The molecule has 6 nitrogen and oxygen atoms in total. The number of quaternary nitrogens is 2. The van der Waals surface area contributed by atoms with E-state index in [1.165, 1.54) is 422 Å². The molecule has 0 fully saturated rings. The Bertz CT molecular complexity index is 1840. The predicted molar refractivity (Wildman–Crippen MR) is 444 cm³/mol. The molecular weight excluding hydrogens is 1220 g/mol. The Morgan fingerprint density at radius 1 is 0.190 bits per heavy atom. The lowest BCUT2D eigenvalue weighted by Gasteiger charge is -2.30. The van der Waals surface area contributed by atoms with E-state index < -0.39 is 0 Å². The van der Waals surface area contributed by atoms with Crippen LogP contribution in [0.25, 0.3) is 0 Å². The Morgan fingerprint density at radius 3 is 0.540 bits per heavy atom. The summed E-state index contributed by atoms with van der Waals surface area (Å²) in [4.78, 5) is 0. The van der Waals surface area contributed by atoms with Gasteiger partial charge in [0.15, 0.2) is 23.0 Å². The number of hydrogen-bond donors (Lipinski definition) is 0. The van der Waals surface area contributed by atoms with Gasteiger partial charge in [-0.3, -0.25) is 0 Å². The van der Waals surface area contributed by atoms with Crippen molar-refractivity contribution in [1.82, 2.24) is 0 Å². The third kappa shape index (κ3) is 60.8. The number of unbranched alkanes of at least 4 members (excludes halogenated alkanes) is 61. The van der Waals surface area contributed by atoms with E-state index in [1.54, 1.807) is 0 Å². The molecule has 0 radical (unpaired) electrons. The molecule has 0 amide bonds. The lowest BCUT2D eigenvalue weighted by atomic mass is 10.0. The van der Waals surface area contributed by atoms with E-state index in [-0.39, 0.29) is 0 Å². The molecule has 0 spiro atoms. The van der Waals surface area contributed by atoms with Gasteiger partial charge in [-0.1, -0.05) is 400 Å². The van der Waals surface area contributed by atoms with Gasteiger partial charge < -0.3 is 27.9 Å². The van der Waals surface area contributed by atoms with Crippen molar-refractivity contribution >= 4 is 0 Å². The van der Waals surface area contributed by atoms with Crippen LogP contribution in [0.1, 0.15) is 463 Å². The summed E-state index contributed by atoms with van der Waals surface area (Å²) in [6.45, 7) is 16.9. The summed E-state index contributed by atoms with van der Waals surface area (Å²) in [5.41, 5.74) is 2.75. The molecule has 2 aromatic carbocycles. The lowest BCUT2D eigenvalue weighted by molar-refractivity contribution is -0.903. The predicted octanol–water partition coefficient (Wildman–Crippen LogP) is 30.9. The van der Waals surface area contributed by atoms with Crippen molar-refractivity contribution in [2.45, 2.75) is 465 Å². The molecular formula is C94H178N2O4+2. The van der Waals surface area contributed by atoms with Crippen LogP contribution in [0.5, 0.6) is 23.0 Å². The van der Waals surface area contributed by atoms with Crippen LogP contribution in [0, 0.1) is 0 Å². The topological polar surface area (TPSA) is 36.9 Å². The number of benzene rings is 2. The fourth-order valence-corrected chi connectivity index (χ4v) is 15.3. The Kier molecular flexibility index (Phi) is 66.3. The average Bonchev–Trinajstić information content (AvgIpc) is 0.858. The fourth-order valence-electron chi connectivity index (χ4n) is 15.3. The first-order valence-electron chi connectivity index (χ1n) is 45.5. The highest BCUT2D eigenvalue weighted by atomic mass is 16.5. The minimum absolute atomic E-state index is 0.788. The maximum absolute atomic E-state index is 6.61. The van der Waals surface area contributed by atoms with Crippen molar-refractivity contribution in [2.75, 3.05) is 67.7 Å². The van der Waals surface area contributed by atoms with Crippen LogP contribution in [0.4, 0.5) is 0 Å². The van der Waals surface area contributed by atoms with Gasteiger partial charge in [0.05, 0.1) is 67.7 Å². The molecule has 100 heavy (non-hydrogen) atoms. The minimum Gasteiger partial charge on any atom is -0.490 e. The molecule has 0 aliphatic rings. The zero-order chi connectivity index (χ0) is 71.9. The molecule has 586 valence electrons. The number of nitrogens with zero attached hydrogens (tertiary/aromatic N) is 2. The Balaban J connectivity index is 1.73. The third-order valence-electron chi connectivity index (χ3n) is 22.0. The maximum atomic E-state index is 6.61. The summed E-state index contributed by atoms with van der Waals surface area (Å²) in [5.74, 6) is 3.84. The van der Waals surface area contributed by atoms with Gasteiger partial charge in [-0.25, -0.2) is 0 Å². The van der Waals surface area contributed by atoms with E-state index in [4.69, 9.17) is 18.9 Å². The van der Waals surface area contributed by atoms with Crippen molar-refractivity contribution in [3.8, 4) is 23.0 Å². The van der Waals surface area contributed by atoms with E-state index >= 15 is 0 Å². The highest BCUT2D eigenvalue weighted by Crippen LogP contribution is 2.33. The normalized spacial score (nSPS) is 12.0. The standard InChI is InChI=1S/C94H178N2O4/c1-9-13-17-21-25-29-33-37-41-47-53-59-65-71-81-97-91-77-75-89(85-93(91)99-83-73-67-61-55-49-43-39-35-31-27-23-19-15-11-3)87-95(5,6)79-69-63-57-51-45-46-52-58-64-70-80-96(7,8)88-90-76-78-92(98-82-72-66-60-54-48-42-38-34-30-26-22-18-14-10-2)94(86-90)100-84-74-68-62-56-50-44-40-36-32-28-24-20-16-12-4/h75-78,85-86H,9-74,79-84,87-88H2,1-8H3/q+2. The summed E-state index contributed by atoms with van der Waals surface area (Å²) < 4.78 is 28.3. The molecule has 0 bridgehead atoms. The van der Waals surface area contributed by atoms with Gasteiger partial charge in [0.2, 0.25) is 0 Å². The van der Waals surface area contributed by atoms with Gasteiger partial charge in [-0.05, 0) is 87.8 Å². The molecule has 6 heteroatoms. The van der Waals surface area contributed by atoms with Crippen molar-refractivity contribution in [3.05, 3.63) is 47.5 Å².